The van der Waals surface area contributed by atoms with E-state index in [0.717, 1.165) is 0 Å². The normalized spacial score (nSPS) is 7.92. The van der Waals surface area contributed by atoms with Crippen molar-refractivity contribution in [1.29, 1.82) is 0 Å². The number of nitrogens with one attached hydrogen (secondary N) is 1. The maximum absolute atomic E-state index is 5.70. The molecule has 0 radical (unpaired) electrons. The lowest BCUT2D eigenvalue weighted by atomic mass is 10.3. The van der Waals surface area contributed by atoms with Crippen LogP contribution in [0, 0.1) is 0 Å². The first-order chi connectivity index (χ1) is 4.74. The van der Waals surface area contributed by atoms with Crippen molar-refractivity contribution in [1.82, 2.24) is 0 Å². The highest BCUT2D eigenvalue weighted by Crippen LogP contribution is 2.23. The highest BCUT2D eigenvalue weighted by atomic mass is 35.5. The standard InChI is InChI=1S/C6H6Cl2N2.CH4.ClH/c7-4-1-2-6(10-9)5(8)3-4;;/h1-3,10H,9H2;1H4;1H. The first-order valence-corrected chi connectivity index (χ1v) is 3.41. The predicted octanol–water partition coefficient (Wildman–Crippen LogP) is 3.34. The third kappa shape index (κ3) is 3.50. The number of benzene rings is 1. The van der Waals surface area contributed by atoms with Crippen LogP contribution in [0.2, 0.25) is 10.0 Å². The van der Waals surface area contributed by atoms with E-state index in [1.165, 1.54) is 0 Å². The van der Waals surface area contributed by atoms with Crippen molar-refractivity contribution >= 4 is 41.3 Å². The average Bonchev–Trinajstić information content (AvgIpc) is 1.88. The van der Waals surface area contributed by atoms with Crippen LogP contribution in [-0.4, -0.2) is 0 Å². The largest absolute Gasteiger partial charge is 0.323 e. The molecular weight excluding hydrogens is 218 g/mol. The van der Waals surface area contributed by atoms with Crippen LogP contribution in [0.4, 0.5) is 5.69 Å². The zero-order valence-corrected chi connectivity index (χ0v) is 7.80. The maximum Gasteiger partial charge on any atom is 0.0672 e. The molecular formula is C7H11Cl3N2. The monoisotopic (exact) mass is 228 g/mol. The molecule has 0 saturated heterocycles. The molecule has 12 heavy (non-hydrogen) atoms. The van der Waals surface area contributed by atoms with Gasteiger partial charge in [0.1, 0.15) is 0 Å². The molecule has 0 atom stereocenters. The summed E-state index contributed by atoms with van der Waals surface area (Å²) in [6, 6.07) is 5.05. The molecule has 0 spiro atoms. The average molecular weight is 230 g/mol. The number of nitrogens with two attached hydrogens (primary N) is 1. The number of hydrazine groups is 1. The van der Waals surface area contributed by atoms with Gasteiger partial charge in [-0.3, -0.25) is 5.84 Å². The summed E-state index contributed by atoms with van der Waals surface area (Å²) in [5, 5.41) is 1.12. The third-order valence-electron chi connectivity index (χ3n) is 1.09. The Morgan fingerprint density at radius 1 is 1.25 bits per heavy atom. The van der Waals surface area contributed by atoms with Crippen molar-refractivity contribution in [2.75, 3.05) is 5.43 Å². The molecule has 3 N–H and O–H groups in total. The van der Waals surface area contributed by atoms with Crippen LogP contribution < -0.4 is 11.3 Å². The molecule has 0 aromatic heterocycles. The zero-order valence-electron chi connectivity index (χ0n) is 5.47. The maximum atomic E-state index is 5.70. The van der Waals surface area contributed by atoms with Crippen LogP contribution >= 0.6 is 35.6 Å². The molecule has 0 aliphatic rings. The number of halogens is 3. The Hall–Kier alpha value is -0.150. The topological polar surface area (TPSA) is 38.0 Å². The summed E-state index contributed by atoms with van der Waals surface area (Å²) >= 11 is 11.3. The lowest BCUT2D eigenvalue weighted by Gasteiger charge is -2.01. The highest BCUT2D eigenvalue weighted by Gasteiger charge is 1.96. The van der Waals surface area contributed by atoms with Gasteiger partial charge in [0.25, 0.3) is 0 Å². The third-order valence-corrected chi connectivity index (χ3v) is 1.63. The Morgan fingerprint density at radius 2 is 1.83 bits per heavy atom. The highest BCUT2D eigenvalue weighted by molar-refractivity contribution is 6.36. The zero-order chi connectivity index (χ0) is 7.56. The Morgan fingerprint density at radius 3 is 2.25 bits per heavy atom. The van der Waals surface area contributed by atoms with E-state index in [4.69, 9.17) is 29.0 Å². The van der Waals surface area contributed by atoms with Gasteiger partial charge in [0, 0.05) is 5.02 Å². The number of rotatable bonds is 1. The van der Waals surface area contributed by atoms with Gasteiger partial charge >= 0.3 is 0 Å². The molecule has 0 aliphatic heterocycles. The van der Waals surface area contributed by atoms with Crippen LogP contribution in [0.5, 0.6) is 0 Å². The molecule has 0 saturated carbocycles. The fourth-order valence-electron chi connectivity index (χ4n) is 0.607. The lowest BCUT2D eigenvalue weighted by Crippen LogP contribution is -2.06. The van der Waals surface area contributed by atoms with Crippen molar-refractivity contribution < 1.29 is 0 Å². The van der Waals surface area contributed by atoms with Gasteiger partial charge in [0.05, 0.1) is 10.7 Å². The molecule has 5 heteroatoms. The summed E-state index contributed by atoms with van der Waals surface area (Å²) in [5.41, 5.74) is 3.10. The van der Waals surface area contributed by atoms with Crippen LogP contribution in [-0.2, 0) is 0 Å². The second kappa shape index (κ2) is 6.38. The Labute approximate surface area is 88.4 Å². The fraction of sp³-hybridized carbons (Fsp3) is 0.143. The number of hydrogen-bond acceptors (Lipinski definition) is 2. The lowest BCUT2D eigenvalue weighted by molar-refractivity contribution is 1.35. The SMILES string of the molecule is C.Cl.NNc1ccc(Cl)cc1Cl. The minimum Gasteiger partial charge on any atom is -0.323 e. The molecule has 2 nitrogen and oxygen atoms in total. The van der Waals surface area contributed by atoms with Gasteiger partial charge in [0.15, 0.2) is 0 Å². The Kier molecular flexibility index (Phi) is 7.64. The van der Waals surface area contributed by atoms with Gasteiger partial charge < -0.3 is 5.43 Å². The van der Waals surface area contributed by atoms with Gasteiger partial charge in [-0.2, -0.15) is 0 Å². The van der Waals surface area contributed by atoms with Gasteiger partial charge in [-0.05, 0) is 18.2 Å². The molecule has 1 rings (SSSR count). The van der Waals surface area contributed by atoms with Crippen molar-refractivity contribution in [2.45, 2.75) is 7.43 Å². The van der Waals surface area contributed by atoms with E-state index in [1.807, 2.05) is 0 Å². The van der Waals surface area contributed by atoms with Crippen LogP contribution in [0.1, 0.15) is 7.43 Å². The van der Waals surface area contributed by atoms with Crippen molar-refractivity contribution in [3.8, 4) is 0 Å². The molecule has 70 valence electrons. The summed E-state index contributed by atoms with van der Waals surface area (Å²) in [7, 11) is 0. The van der Waals surface area contributed by atoms with Crippen molar-refractivity contribution in [2.24, 2.45) is 5.84 Å². The predicted molar refractivity (Wildman–Crippen MR) is 58.3 cm³/mol. The summed E-state index contributed by atoms with van der Waals surface area (Å²) < 4.78 is 0. The first-order valence-electron chi connectivity index (χ1n) is 2.65. The second-order valence-corrected chi connectivity index (χ2v) is 2.61. The summed E-state index contributed by atoms with van der Waals surface area (Å²) in [5.74, 6) is 5.12. The molecule has 0 aliphatic carbocycles. The van der Waals surface area contributed by atoms with Gasteiger partial charge in [0.2, 0.25) is 0 Å². The van der Waals surface area contributed by atoms with Crippen LogP contribution in [0.3, 0.4) is 0 Å². The van der Waals surface area contributed by atoms with Crippen LogP contribution in [0.15, 0.2) is 18.2 Å². The summed E-state index contributed by atoms with van der Waals surface area (Å²) in [4.78, 5) is 0. The molecule has 1 aromatic carbocycles. The molecule has 0 bridgehead atoms. The van der Waals surface area contributed by atoms with E-state index in [0.29, 0.717) is 15.7 Å². The molecule has 0 heterocycles. The molecule has 0 unspecified atom stereocenters. The summed E-state index contributed by atoms with van der Waals surface area (Å²) in [6.07, 6.45) is 0. The minimum atomic E-state index is 0. The van der Waals surface area contributed by atoms with Gasteiger partial charge in [-0.15, -0.1) is 12.4 Å². The van der Waals surface area contributed by atoms with E-state index in [2.05, 4.69) is 5.43 Å². The quantitative estimate of drug-likeness (QED) is 0.573. The Balaban J connectivity index is 0. The molecule has 0 amide bonds. The van der Waals surface area contributed by atoms with E-state index >= 15 is 0 Å². The molecule has 1 aromatic rings. The minimum absolute atomic E-state index is 0. The van der Waals surface area contributed by atoms with Crippen molar-refractivity contribution in [3.63, 3.8) is 0 Å². The number of hydrogen-bond donors (Lipinski definition) is 2. The first kappa shape index (κ1) is 14.4. The van der Waals surface area contributed by atoms with Crippen LogP contribution in [0.25, 0.3) is 0 Å². The summed E-state index contributed by atoms with van der Waals surface area (Å²) in [6.45, 7) is 0. The number of anilines is 1. The van der Waals surface area contributed by atoms with Crippen molar-refractivity contribution in [3.05, 3.63) is 28.2 Å². The smallest absolute Gasteiger partial charge is 0.0672 e. The molecule has 0 fully saturated rings. The number of nitrogen functional groups attached to an aromatic ring is 1. The second-order valence-electron chi connectivity index (χ2n) is 1.77. The van der Waals surface area contributed by atoms with E-state index in [9.17, 15) is 0 Å². The van der Waals surface area contributed by atoms with E-state index in [1.54, 1.807) is 18.2 Å². The Bertz CT molecular complexity index is 240. The van der Waals surface area contributed by atoms with E-state index in [-0.39, 0.29) is 19.8 Å². The van der Waals surface area contributed by atoms with E-state index < -0.39 is 0 Å². The van der Waals surface area contributed by atoms with Gasteiger partial charge in [-0.25, -0.2) is 0 Å². The fourth-order valence-corrected chi connectivity index (χ4v) is 1.07. The van der Waals surface area contributed by atoms with Gasteiger partial charge in [-0.1, -0.05) is 30.6 Å².